The number of carbonyl (C=O) groups is 1. The molecule has 1 unspecified atom stereocenters. The van der Waals surface area contributed by atoms with Gasteiger partial charge in [-0.3, -0.25) is 4.79 Å². The van der Waals surface area contributed by atoms with Crippen LogP contribution in [0.25, 0.3) is 0 Å². The van der Waals surface area contributed by atoms with E-state index in [0.29, 0.717) is 23.7 Å². The summed E-state index contributed by atoms with van der Waals surface area (Å²) in [6, 6.07) is 5.46. The van der Waals surface area contributed by atoms with Crippen LogP contribution in [-0.2, 0) is 0 Å². The highest BCUT2D eigenvalue weighted by atomic mass is 127. The quantitative estimate of drug-likeness (QED) is 0.778. The van der Waals surface area contributed by atoms with E-state index in [4.69, 9.17) is 17.3 Å². The first-order chi connectivity index (χ1) is 9.02. The van der Waals surface area contributed by atoms with Gasteiger partial charge in [-0.25, -0.2) is 0 Å². The van der Waals surface area contributed by atoms with Crippen LogP contribution in [0.4, 0.5) is 0 Å². The molecule has 2 N–H and O–H groups in total. The van der Waals surface area contributed by atoms with Crippen LogP contribution < -0.4 is 5.73 Å². The Balaban J connectivity index is 2.25. The molecule has 0 aliphatic carbocycles. The lowest BCUT2D eigenvalue weighted by molar-refractivity contribution is 0.0515. The van der Waals surface area contributed by atoms with E-state index < -0.39 is 0 Å². The number of amides is 1. The first-order valence-corrected chi connectivity index (χ1v) is 7.63. The third kappa shape index (κ3) is 3.39. The number of halogens is 2. The number of benzene rings is 1. The minimum Gasteiger partial charge on any atom is -0.332 e. The maximum absolute atomic E-state index is 12.6. The van der Waals surface area contributed by atoms with Crippen LogP contribution in [0.2, 0.25) is 5.02 Å². The summed E-state index contributed by atoms with van der Waals surface area (Å²) in [6.07, 6.45) is 0. The van der Waals surface area contributed by atoms with E-state index in [2.05, 4.69) is 27.5 Å². The van der Waals surface area contributed by atoms with E-state index in [0.717, 1.165) is 16.7 Å². The van der Waals surface area contributed by atoms with E-state index in [9.17, 15) is 4.79 Å². The van der Waals surface area contributed by atoms with Crippen LogP contribution in [0.15, 0.2) is 18.2 Å². The predicted molar refractivity (Wildman–Crippen MR) is 85.5 cm³/mol. The van der Waals surface area contributed by atoms with Gasteiger partial charge < -0.3 is 15.5 Å². The van der Waals surface area contributed by atoms with Gasteiger partial charge in [0.1, 0.15) is 0 Å². The molecule has 1 aliphatic heterocycles. The molecular formula is C13H17ClIN3O. The molecule has 0 aromatic heterocycles. The Labute approximate surface area is 132 Å². The molecule has 1 aromatic rings. The Morgan fingerprint density at radius 1 is 1.53 bits per heavy atom. The van der Waals surface area contributed by atoms with Crippen molar-refractivity contribution in [2.45, 2.75) is 6.04 Å². The highest BCUT2D eigenvalue weighted by molar-refractivity contribution is 14.1. The van der Waals surface area contributed by atoms with Crippen LogP contribution in [0.1, 0.15) is 10.4 Å². The van der Waals surface area contributed by atoms with Crippen molar-refractivity contribution in [3.05, 3.63) is 32.4 Å². The molecule has 0 bridgehead atoms. The number of carbonyl (C=O) groups excluding carboxylic acids is 1. The minimum atomic E-state index is 0.0236. The number of rotatable bonds is 2. The highest BCUT2D eigenvalue weighted by Gasteiger charge is 2.29. The molecule has 1 saturated heterocycles. The molecule has 1 fully saturated rings. The normalized spacial score (nSPS) is 20.6. The van der Waals surface area contributed by atoms with Gasteiger partial charge >= 0.3 is 0 Å². The third-order valence-corrected chi connectivity index (χ3v) is 4.55. The summed E-state index contributed by atoms with van der Waals surface area (Å²) in [4.78, 5) is 16.7. The summed E-state index contributed by atoms with van der Waals surface area (Å²) in [5.41, 5.74) is 6.45. The fourth-order valence-corrected chi connectivity index (χ4v) is 3.03. The van der Waals surface area contributed by atoms with Crippen LogP contribution >= 0.6 is 34.2 Å². The Kier molecular flexibility index (Phi) is 5.05. The Hall–Kier alpha value is -0.370. The maximum atomic E-state index is 12.6. The molecule has 1 amide bonds. The van der Waals surface area contributed by atoms with Gasteiger partial charge in [0.2, 0.25) is 0 Å². The summed E-state index contributed by atoms with van der Waals surface area (Å²) >= 11 is 8.15. The molecule has 1 atom stereocenters. The van der Waals surface area contributed by atoms with E-state index in [1.54, 1.807) is 12.1 Å². The second-order valence-corrected chi connectivity index (χ2v) is 6.37. The smallest absolute Gasteiger partial charge is 0.255 e. The van der Waals surface area contributed by atoms with Crippen molar-refractivity contribution >= 4 is 40.1 Å². The highest BCUT2D eigenvalue weighted by Crippen LogP contribution is 2.21. The van der Waals surface area contributed by atoms with Gasteiger partial charge in [0.05, 0.1) is 11.6 Å². The van der Waals surface area contributed by atoms with Gasteiger partial charge in [0.25, 0.3) is 5.91 Å². The standard InChI is InChI=1S/C13H17ClIN3O/c1-17-4-5-18(10(7-16)8-17)13(19)11-6-9(14)2-3-12(11)15/h2-3,6,10H,4-5,7-8,16H2,1H3. The summed E-state index contributed by atoms with van der Waals surface area (Å²) in [7, 11) is 2.05. The molecule has 4 nitrogen and oxygen atoms in total. The molecule has 0 saturated carbocycles. The fourth-order valence-electron chi connectivity index (χ4n) is 2.30. The van der Waals surface area contributed by atoms with Gasteiger partial charge in [-0.15, -0.1) is 0 Å². The number of hydrogen-bond acceptors (Lipinski definition) is 3. The molecule has 104 valence electrons. The molecule has 6 heteroatoms. The van der Waals surface area contributed by atoms with Gasteiger partial charge in [-0.2, -0.15) is 0 Å². The molecule has 2 rings (SSSR count). The molecule has 1 aromatic carbocycles. The van der Waals surface area contributed by atoms with Crippen LogP contribution in [-0.4, -0.2) is 55.0 Å². The number of nitrogens with zero attached hydrogens (tertiary/aromatic N) is 2. The Bertz CT molecular complexity index is 483. The number of likely N-dealkylation sites (N-methyl/N-ethyl adjacent to an activating group) is 1. The Morgan fingerprint density at radius 3 is 2.95 bits per heavy atom. The van der Waals surface area contributed by atoms with Crippen molar-refractivity contribution in [1.82, 2.24) is 9.80 Å². The van der Waals surface area contributed by atoms with Gasteiger partial charge in [0.15, 0.2) is 0 Å². The lowest BCUT2D eigenvalue weighted by atomic mass is 10.1. The van der Waals surface area contributed by atoms with Gasteiger partial charge in [0, 0.05) is 34.8 Å². The van der Waals surface area contributed by atoms with Crippen molar-refractivity contribution in [2.24, 2.45) is 5.73 Å². The zero-order chi connectivity index (χ0) is 14.0. The summed E-state index contributed by atoms with van der Waals surface area (Å²) in [5.74, 6) is 0.0236. The summed E-state index contributed by atoms with van der Waals surface area (Å²) < 4.78 is 0.918. The zero-order valence-corrected chi connectivity index (χ0v) is 13.7. The van der Waals surface area contributed by atoms with E-state index in [-0.39, 0.29) is 11.9 Å². The fraction of sp³-hybridized carbons (Fsp3) is 0.462. The van der Waals surface area contributed by atoms with E-state index in [1.807, 2.05) is 18.0 Å². The van der Waals surface area contributed by atoms with Crippen LogP contribution in [0.3, 0.4) is 0 Å². The summed E-state index contributed by atoms with van der Waals surface area (Å²) in [6.45, 7) is 2.88. The predicted octanol–water partition coefficient (Wildman–Crippen LogP) is 1.66. The second-order valence-electron chi connectivity index (χ2n) is 4.77. The molecule has 0 spiro atoms. The molecule has 0 radical (unpaired) electrons. The number of hydrogen-bond donors (Lipinski definition) is 1. The van der Waals surface area contributed by atoms with Crippen LogP contribution in [0, 0.1) is 3.57 Å². The molecule has 1 aliphatic rings. The van der Waals surface area contributed by atoms with E-state index in [1.165, 1.54) is 0 Å². The van der Waals surface area contributed by atoms with Gasteiger partial charge in [-0.1, -0.05) is 11.6 Å². The van der Waals surface area contributed by atoms with Crippen molar-refractivity contribution in [3.63, 3.8) is 0 Å². The topological polar surface area (TPSA) is 49.6 Å². The lowest BCUT2D eigenvalue weighted by Gasteiger charge is -2.39. The molecule has 19 heavy (non-hydrogen) atoms. The van der Waals surface area contributed by atoms with Crippen molar-refractivity contribution in [2.75, 3.05) is 33.2 Å². The first kappa shape index (κ1) is 15.0. The Morgan fingerprint density at radius 2 is 2.26 bits per heavy atom. The molecular weight excluding hydrogens is 377 g/mol. The summed E-state index contributed by atoms with van der Waals surface area (Å²) in [5, 5.41) is 0.585. The molecule has 1 heterocycles. The van der Waals surface area contributed by atoms with Crippen molar-refractivity contribution < 1.29 is 4.79 Å². The SMILES string of the molecule is CN1CCN(C(=O)c2cc(Cl)ccc2I)C(CN)C1. The van der Waals surface area contributed by atoms with Gasteiger partial charge in [-0.05, 0) is 47.8 Å². The van der Waals surface area contributed by atoms with E-state index >= 15 is 0 Å². The average molecular weight is 394 g/mol. The average Bonchev–Trinajstić information content (AvgIpc) is 2.40. The lowest BCUT2D eigenvalue weighted by Crippen LogP contribution is -2.56. The van der Waals surface area contributed by atoms with Crippen molar-refractivity contribution in [3.8, 4) is 0 Å². The second kappa shape index (κ2) is 6.39. The maximum Gasteiger partial charge on any atom is 0.255 e. The first-order valence-electron chi connectivity index (χ1n) is 6.17. The van der Waals surface area contributed by atoms with Crippen molar-refractivity contribution in [1.29, 1.82) is 0 Å². The minimum absolute atomic E-state index is 0.0236. The largest absolute Gasteiger partial charge is 0.332 e. The number of piperazine rings is 1. The number of nitrogens with two attached hydrogens (primary N) is 1. The third-order valence-electron chi connectivity index (χ3n) is 3.38. The van der Waals surface area contributed by atoms with Crippen LogP contribution in [0.5, 0.6) is 0 Å². The zero-order valence-electron chi connectivity index (χ0n) is 10.8. The monoisotopic (exact) mass is 393 g/mol.